The van der Waals surface area contributed by atoms with Crippen molar-refractivity contribution in [3.8, 4) is 11.5 Å². The fraction of sp³-hybridized carbons (Fsp3) is 0.348. The summed E-state index contributed by atoms with van der Waals surface area (Å²) in [5.41, 5.74) is 2.72. The van der Waals surface area contributed by atoms with E-state index < -0.39 is 35.0 Å². The number of alkyl carbamates (subject to hydrolysis) is 1. The molecule has 0 fully saturated rings. The molecule has 0 bridgehead atoms. The first-order chi connectivity index (χ1) is 31.2. The normalized spacial score (nSPS) is 11.2. The molecule has 0 aliphatic rings. The van der Waals surface area contributed by atoms with E-state index in [1.807, 2.05) is 20.8 Å². The Morgan fingerprint density at radius 2 is 1.15 bits per heavy atom. The van der Waals surface area contributed by atoms with Crippen molar-refractivity contribution >= 4 is 81.0 Å². The van der Waals surface area contributed by atoms with Crippen molar-refractivity contribution in [1.82, 2.24) is 20.2 Å². The number of oxazole rings is 2. The van der Waals surface area contributed by atoms with Gasteiger partial charge in [-0.1, -0.05) is 0 Å². The Hall–Kier alpha value is -7.64. The van der Waals surface area contributed by atoms with Crippen LogP contribution in [0.1, 0.15) is 67.2 Å². The Kier molecular flexibility index (Phi) is 16.3. The number of anilines is 6. The highest BCUT2D eigenvalue weighted by Gasteiger charge is 2.26. The van der Waals surface area contributed by atoms with Crippen LogP contribution in [-0.4, -0.2) is 82.4 Å². The van der Waals surface area contributed by atoms with Gasteiger partial charge in [0.2, 0.25) is 11.8 Å². The SMILES string of the molecule is COc1cc(NC(=O)CCCN(C(=O)O)C(C)(C)C)ccc1Nc1nc2cc(F)ccc2o1.COc1cc(NC(=O)CCCNC(=O)OC(C)(C)C)ccc1Nc1nc2cc(F)ccc2o1. The monoisotopic (exact) mass is 916 g/mol. The van der Waals surface area contributed by atoms with E-state index in [2.05, 4.69) is 36.6 Å². The van der Waals surface area contributed by atoms with Crippen molar-refractivity contribution in [2.45, 2.75) is 78.4 Å². The highest BCUT2D eigenvalue weighted by atomic mass is 19.1. The number of hydrogen-bond acceptors (Lipinski definition) is 13. The standard InChI is InChI=1S/2C23H27FN4O5/c1-23(2,3)28(22(30)31)11-5-6-20(29)25-15-8-9-16(19(13-15)32-4)26-21-27-17-12-14(24)7-10-18(17)33-21;1-23(2,3)33-22(30)25-11-5-6-20(29)26-15-8-9-16(19(13-15)31-4)27-21-28-17-12-14(24)7-10-18(17)32-21/h7-10,12-13H,5-6,11H2,1-4H3,(H,25,29)(H,26,27)(H,30,31);7-10,12-13H,5-6,11H2,1-4H3,(H,25,30)(H,26,29)(H,27,28). The van der Waals surface area contributed by atoms with Crippen LogP contribution in [0.15, 0.2) is 81.6 Å². The molecule has 0 radical (unpaired) electrons. The van der Waals surface area contributed by atoms with Crippen LogP contribution >= 0.6 is 0 Å². The molecule has 0 unspecified atom stereocenters. The Morgan fingerprint density at radius 3 is 1.58 bits per heavy atom. The second kappa shape index (κ2) is 21.8. The number of carbonyl (C=O) groups is 4. The number of fused-ring (bicyclic) bond motifs is 2. The quantitative estimate of drug-likeness (QED) is 0.0496. The van der Waals surface area contributed by atoms with Crippen molar-refractivity contribution in [3.63, 3.8) is 0 Å². The number of aromatic nitrogens is 2. The molecule has 0 saturated heterocycles. The summed E-state index contributed by atoms with van der Waals surface area (Å²) in [6, 6.07) is 18.6. The molecule has 6 rings (SSSR count). The molecule has 352 valence electrons. The van der Waals surface area contributed by atoms with Gasteiger partial charge in [-0.25, -0.2) is 18.4 Å². The summed E-state index contributed by atoms with van der Waals surface area (Å²) in [7, 11) is 2.98. The van der Waals surface area contributed by atoms with E-state index in [1.54, 1.807) is 57.2 Å². The van der Waals surface area contributed by atoms with Gasteiger partial charge in [0.15, 0.2) is 11.2 Å². The summed E-state index contributed by atoms with van der Waals surface area (Å²) in [6.07, 6.45) is -0.288. The molecule has 2 aromatic heterocycles. The highest BCUT2D eigenvalue weighted by molar-refractivity contribution is 5.92. The first kappa shape index (κ1) is 49.4. The van der Waals surface area contributed by atoms with E-state index >= 15 is 0 Å². The van der Waals surface area contributed by atoms with E-state index in [4.69, 9.17) is 23.0 Å². The first-order valence-corrected chi connectivity index (χ1v) is 20.8. The smallest absolute Gasteiger partial charge is 0.407 e. The molecule has 66 heavy (non-hydrogen) atoms. The van der Waals surface area contributed by atoms with Crippen LogP contribution in [0, 0.1) is 11.6 Å². The largest absolute Gasteiger partial charge is 0.494 e. The summed E-state index contributed by atoms with van der Waals surface area (Å²) in [5.74, 6) is -0.365. The summed E-state index contributed by atoms with van der Waals surface area (Å²) in [4.78, 5) is 57.3. The lowest BCUT2D eigenvalue weighted by Crippen LogP contribution is -2.45. The van der Waals surface area contributed by atoms with Crippen molar-refractivity contribution in [2.24, 2.45) is 0 Å². The fourth-order valence-electron chi connectivity index (χ4n) is 6.20. The van der Waals surface area contributed by atoms with E-state index in [1.165, 1.54) is 55.5 Å². The van der Waals surface area contributed by atoms with Gasteiger partial charge in [-0.3, -0.25) is 9.59 Å². The number of halogens is 2. The molecule has 0 aliphatic heterocycles. The second-order valence-electron chi connectivity index (χ2n) is 16.7. The minimum absolute atomic E-state index is 0.168. The van der Waals surface area contributed by atoms with Crippen LogP contribution in [0.3, 0.4) is 0 Å². The average molecular weight is 917 g/mol. The summed E-state index contributed by atoms with van der Waals surface area (Å²) in [5, 5.41) is 23.5. The maximum Gasteiger partial charge on any atom is 0.407 e. The lowest BCUT2D eigenvalue weighted by Gasteiger charge is -2.33. The Balaban J connectivity index is 0.000000247. The summed E-state index contributed by atoms with van der Waals surface area (Å²) in [6.45, 7) is 11.3. The number of methoxy groups -OCH3 is 2. The zero-order valence-electron chi connectivity index (χ0n) is 37.9. The van der Waals surface area contributed by atoms with Gasteiger partial charge in [0, 0.05) is 67.1 Å². The van der Waals surface area contributed by atoms with Crippen LogP contribution < -0.4 is 36.1 Å². The van der Waals surface area contributed by atoms with Crippen LogP contribution in [-0.2, 0) is 14.3 Å². The number of nitrogens with one attached hydrogen (secondary N) is 5. The van der Waals surface area contributed by atoms with E-state index in [-0.39, 0.29) is 43.2 Å². The first-order valence-electron chi connectivity index (χ1n) is 20.8. The van der Waals surface area contributed by atoms with Gasteiger partial charge in [-0.15, -0.1) is 0 Å². The van der Waals surface area contributed by atoms with E-state index in [0.717, 1.165) is 0 Å². The van der Waals surface area contributed by atoms with Gasteiger partial charge in [-0.2, -0.15) is 9.97 Å². The summed E-state index contributed by atoms with van der Waals surface area (Å²) >= 11 is 0. The number of hydrogen-bond donors (Lipinski definition) is 6. The second-order valence-corrected chi connectivity index (χ2v) is 16.7. The minimum atomic E-state index is -1.01. The van der Waals surface area contributed by atoms with E-state index in [0.29, 0.717) is 75.8 Å². The number of ether oxygens (including phenoxy) is 3. The third-order valence-corrected chi connectivity index (χ3v) is 9.23. The molecular weight excluding hydrogens is 863 g/mol. The fourth-order valence-corrected chi connectivity index (χ4v) is 6.20. The van der Waals surface area contributed by atoms with Crippen LogP contribution in [0.2, 0.25) is 0 Å². The van der Waals surface area contributed by atoms with Gasteiger partial charge in [0.05, 0.1) is 25.6 Å². The lowest BCUT2D eigenvalue weighted by atomic mass is 10.1. The van der Waals surface area contributed by atoms with Crippen LogP contribution in [0.4, 0.5) is 53.1 Å². The zero-order valence-corrected chi connectivity index (χ0v) is 37.9. The predicted molar refractivity (Wildman–Crippen MR) is 245 cm³/mol. The Bertz CT molecular complexity index is 2650. The van der Waals surface area contributed by atoms with Crippen molar-refractivity contribution in [1.29, 1.82) is 0 Å². The van der Waals surface area contributed by atoms with Gasteiger partial charge >= 0.3 is 12.2 Å². The molecule has 0 spiro atoms. The number of carbonyl (C=O) groups excluding carboxylic acids is 3. The lowest BCUT2D eigenvalue weighted by molar-refractivity contribution is -0.117. The van der Waals surface area contributed by atoms with Crippen LogP contribution in [0.25, 0.3) is 22.2 Å². The molecule has 20 heteroatoms. The molecule has 0 aliphatic carbocycles. The molecule has 0 atom stereocenters. The Morgan fingerprint density at radius 1 is 0.682 bits per heavy atom. The number of amides is 4. The highest BCUT2D eigenvalue weighted by Crippen LogP contribution is 2.33. The minimum Gasteiger partial charge on any atom is -0.494 e. The molecule has 2 heterocycles. The molecule has 6 N–H and O–H groups in total. The van der Waals surface area contributed by atoms with Crippen molar-refractivity contribution < 1.29 is 56.1 Å². The van der Waals surface area contributed by atoms with E-state index in [9.17, 15) is 33.1 Å². The molecular formula is C46H54F2N8O10. The third-order valence-electron chi connectivity index (χ3n) is 9.23. The number of nitrogens with zero attached hydrogens (tertiary/aromatic N) is 3. The van der Waals surface area contributed by atoms with Crippen molar-refractivity contribution in [2.75, 3.05) is 48.6 Å². The summed E-state index contributed by atoms with van der Waals surface area (Å²) < 4.78 is 53.8. The van der Waals surface area contributed by atoms with Crippen LogP contribution in [0.5, 0.6) is 11.5 Å². The van der Waals surface area contributed by atoms with Gasteiger partial charge in [0.25, 0.3) is 12.0 Å². The molecule has 18 nitrogen and oxygen atoms in total. The average Bonchev–Trinajstić information content (AvgIpc) is 3.83. The number of carboxylic acid groups (broad SMARTS) is 1. The topological polar surface area (TPSA) is 232 Å². The third kappa shape index (κ3) is 14.7. The number of benzene rings is 4. The molecule has 0 saturated carbocycles. The van der Waals surface area contributed by atoms with Gasteiger partial charge in [0.1, 0.15) is 39.8 Å². The van der Waals surface area contributed by atoms with Gasteiger partial charge in [-0.05, 0) is 103 Å². The zero-order chi connectivity index (χ0) is 48.2. The molecule has 4 aromatic carbocycles. The maximum atomic E-state index is 13.4. The van der Waals surface area contributed by atoms with Crippen molar-refractivity contribution in [3.05, 3.63) is 84.4 Å². The Labute approximate surface area is 379 Å². The maximum absolute atomic E-state index is 13.4. The molecule has 4 amide bonds. The molecule has 6 aromatic rings. The van der Waals surface area contributed by atoms with Gasteiger partial charge < -0.3 is 59.6 Å². The number of rotatable bonds is 16. The predicted octanol–water partition coefficient (Wildman–Crippen LogP) is 10.2.